The summed E-state index contributed by atoms with van der Waals surface area (Å²) in [4.78, 5) is 24.4. The summed E-state index contributed by atoms with van der Waals surface area (Å²) in [6.45, 7) is 4.48. The van der Waals surface area contributed by atoms with E-state index in [1.165, 1.54) is 12.2 Å². The van der Waals surface area contributed by atoms with E-state index in [2.05, 4.69) is 0 Å². The van der Waals surface area contributed by atoms with E-state index in [4.69, 9.17) is 0 Å². The molecular formula is C22H29FO5. The fourth-order valence-electron chi connectivity index (χ4n) is 7.26. The van der Waals surface area contributed by atoms with Crippen LogP contribution in [0.4, 0.5) is 4.39 Å². The lowest BCUT2D eigenvalue weighted by Gasteiger charge is -2.62. The molecule has 3 saturated carbocycles. The molecule has 0 radical (unpaired) electrons. The second-order valence-corrected chi connectivity index (χ2v) is 9.75. The van der Waals surface area contributed by atoms with Crippen molar-refractivity contribution in [2.45, 2.75) is 63.8 Å². The Morgan fingerprint density at radius 2 is 2.00 bits per heavy atom. The predicted molar refractivity (Wildman–Crippen MR) is 99.9 cm³/mol. The van der Waals surface area contributed by atoms with Gasteiger partial charge in [0.1, 0.15) is 12.2 Å². The number of halogens is 1. The van der Waals surface area contributed by atoms with Crippen LogP contribution in [0.15, 0.2) is 23.8 Å². The third kappa shape index (κ3) is 2.01. The molecule has 154 valence electrons. The summed E-state index contributed by atoms with van der Waals surface area (Å²) in [6, 6.07) is 0. The summed E-state index contributed by atoms with van der Waals surface area (Å²) >= 11 is 0. The summed E-state index contributed by atoms with van der Waals surface area (Å²) in [5, 5.41) is 32.0. The van der Waals surface area contributed by atoms with E-state index in [0.29, 0.717) is 24.8 Å². The Kier molecular flexibility index (Phi) is 4.15. The maximum Gasteiger partial charge on any atom is 0.190 e. The van der Waals surface area contributed by atoms with Gasteiger partial charge in [0.05, 0.1) is 6.10 Å². The maximum absolute atomic E-state index is 16.9. The monoisotopic (exact) mass is 392 g/mol. The van der Waals surface area contributed by atoms with Crippen LogP contribution < -0.4 is 0 Å². The van der Waals surface area contributed by atoms with Crippen LogP contribution >= 0.6 is 0 Å². The van der Waals surface area contributed by atoms with Crippen LogP contribution in [0.3, 0.4) is 0 Å². The number of aliphatic hydroxyl groups is 3. The van der Waals surface area contributed by atoms with Gasteiger partial charge in [0, 0.05) is 16.7 Å². The minimum atomic E-state index is -1.98. The number of allylic oxidation sites excluding steroid dienone is 4. The quantitative estimate of drug-likeness (QED) is 0.667. The zero-order valence-electron chi connectivity index (χ0n) is 16.6. The van der Waals surface area contributed by atoms with Crippen molar-refractivity contribution in [2.75, 3.05) is 6.61 Å². The first-order valence-corrected chi connectivity index (χ1v) is 10.1. The average molecular weight is 392 g/mol. The highest BCUT2D eigenvalue weighted by molar-refractivity contribution is 6.01. The first-order valence-electron chi connectivity index (χ1n) is 10.1. The van der Waals surface area contributed by atoms with Gasteiger partial charge in [-0.1, -0.05) is 25.5 Å². The van der Waals surface area contributed by atoms with Crippen molar-refractivity contribution in [1.29, 1.82) is 0 Å². The highest BCUT2D eigenvalue weighted by Gasteiger charge is 2.75. The molecule has 4 aliphatic carbocycles. The molecule has 0 aromatic rings. The summed E-state index contributed by atoms with van der Waals surface area (Å²) in [5.74, 6) is -2.12. The second-order valence-electron chi connectivity index (χ2n) is 9.75. The first-order chi connectivity index (χ1) is 13.0. The third-order valence-electron chi connectivity index (χ3n) is 8.79. The van der Waals surface area contributed by atoms with Gasteiger partial charge in [-0.3, -0.25) is 9.59 Å². The van der Waals surface area contributed by atoms with E-state index in [-0.39, 0.29) is 18.1 Å². The van der Waals surface area contributed by atoms with Crippen LogP contribution in [0.5, 0.6) is 0 Å². The molecule has 0 aromatic heterocycles. The van der Waals surface area contributed by atoms with Gasteiger partial charge in [0.15, 0.2) is 17.2 Å². The van der Waals surface area contributed by atoms with Crippen LogP contribution in [-0.2, 0) is 9.59 Å². The van der Waals surface area contributed by atoms with E-state index < -0.39 is 52.4 Å². The third-order valence-corrected chi connectivity index (χ3v) is 8.79. The van der Waals surface area contributed by atoms with Crippen molar-refractivity contribution in [1.82, 2.24) is 0 Å². The van der Waals surface area contributed by atoms with E-state index in [9.17, 15) is 24.9 Å². The molecule has 3 N–H and O–H groups in total. The SMILES string of the molecule is C[C@H]1C[C@H]2[C@H]3CCC4=CC(=O)C=C[C@@]4(C)[C@@]3(F)[C@@H](O)C[C@@]2(C)[C@@]1(O)C(=O)CO. The molecule has 0 aliphatic heterocycles. The van der Waals surface area contributed by atoms with Crippen LogP contribution in [-0.4, -0.2) is 50.9 Å². The second kappa shape index (κ2) is 5.83. The topological polar surface area (TPSA) is 94.8 Å². The Balaban J connectivity index is 1.84. The maximum atomic E-state index is 16.9. The van der Waals surface area contributed by atoms with Crippen LogP contribution in [0.2, 0.25) is 0 Å². The number of fused-ring (bicyclic) bond motifs is 5. The van der Waals surface area contributed by atoms with Crippen LogP contribution in [0, 0.1) is 28.6 Å². The molecule has 0 unspecified atom stereocenters. The highest BCUT2D eigenvalue weighted by Crippen LogP contribution is 2.70. The lowest BCUT2D eigenvalue weighted by atomic mass is 9.44. The molecule has 4 rings (SSSR count). The summed E-state index contributed by atoms with van der Waals surface area (Å²) in [7, 11) is 0. The standard InChI is InChI=1S/C22H29FO5/c1-12-8-16-15-5-4-13-9-14(25)6-7-19(13,2)21(15,23)17(26)10-20(16,3)22(12,28)18(27)11-24/h6-7,9,12,15-17,24,26,28H,4-5,8,10-11H2,1-3H3/t12-,15+,16-,17-,19+,20+,21-,22-/m0/s1. The molecule has 6 heteroatoms. The first kappa shape index (κ1) is 19.9. The summed E-state index contributed by atoms with van der Waals surface area (Å²) in [6.07, 6.45) is 4.44. The Morgan fingerprint density at radius 3 is 2.64 bits per heavy atom. The molecule has 0 amide bonds. The summed E-state index contributed by atoms with van der Waals surface area (Å²) in [5.41, 5.74) is -5.17. The molecule has 0 heterocycles. The molecule has 0 aromatic carbocycles. The van der Waals surface area contributed by atoms with E-state index in [1.807, 2.05) is 0 Å². The van der Waals surface area contributed by atoms with E-state index in [0.717, 1.165) is 0 Å². The minimum absolute atomic E-state index is 0.0676. The number of carbonyl (C=O) groups excluding carboxylic acids is 2. The Bertz CT molecular complexity index is 805. The van der Waals surface area contributed by atoms with Crippen molar-refractivity contribution >= 4 is 11.6 Å². The Hall–Kier alpha value is -1.37. The van der Waals surface area contributed by atoms with Crippen molar-refractivity contribution in [3.63, 3.8) is 0 Å². The molecule has 0 saturated heterocycles. The number of hydrogen-bond donors (Lipinski definition) is 3. The molecule has 5 nitrogen and oxygen atoms in total. The number of alkyl halides is 1. The Morgan fingerprint density at radius 1 is 1.32 bits per heavy atom. The average Bonchev–Trinajstić information content (AvgIpc) is 2.84. The van der Waals surface area contributed by atoms with E-state index in [1.54, 1.807) is 26.8 Å². The smallest absolute Gasteiger partial charge is 0.190 e. The Labute approximate surface area is 164 Å². The van der Waals surface area contributed by atoms with Crippen molar-refractivity contribution in [3.05, 3.63) is 23.8 Å². The fourth-order valence-corrected chi connectivity index (χ4v) is 7.26. The normalized spacial score (nSPS) is 52.5. The zero-order valence-corrected chi connectivity index (χ0v) is 16.6. The number of rotatable bonds is 2. The van der Waals surface area contributed by atoms with Gasteiger partial charge >= 0.3 is 0 Å². The molecule has 28 heavy (non-hydrogen) atoms. The lowest BCUT2D eigenvalue weighted by Crippen LogP contribution is -2.69. The molecule has 0 bridgehead atoms. The predicted octanol–water partition coefficient (Wildman–Crippen LogP) is 1.90. The van der Waals surface area contributed by atoms with Gasteiger partial charge in [-0.05, 0) is 56.6 Å². The molecule has 0 spiro atoms. The minimum Gasteiger partial charge on any atom is -0.390 e. The number of Topliss-reactive ketones (excluding diaryl/α,β-unsaturated/α-hetero) is 1. The zero-order chi connectivity index (χ0) is 20.7. The van der Waals surface area contributed by atoms with Gasteiger partial charge < -0.3 is 15.3 Å². The van der Waals surface area contributed by atoms with Crippen LogP contribution in [0.25, 0.3) is 0 Å². The number of ketones is 2. The van der Waals surface area contributed by atoms with Crippen molar-refractivity contribution < 1.29 is 29.3 Å². The van der Waals surface area contributed by atoms with Crippen molar-refractivity contribution in [3.8, 4) is 0 Å². The fraction of sp³-hybridized carbons (Fsp3) is 0.727. The number of carbonyl (C=O) groups is 2. The molecule has 8 atom stereocenters. The van der Waals surface area contributed by atoms with E-state index >= 15 is 4.39 Å². The summed E-state index contributed by atoms with van der Waals surface area (Å²) < 4.78 is 16.9. The number of hydrogen-bond acceptors (Lipinski definition) is 5. The van der Waals surface area contributed by atoms with Crippen LogP contribution in [0.1, 0.15) is 46.5 Å². The molecule has 3 fully saturated rings. The van der Waals surface area contributed by atoms with Gasteiger partial charge in [-0.25, -0.2) is 4.39 Å². The molecular weight excluding hydrogens is 363 g/mol. The number of aliphatic hydroxyl groups excluding tert-OH is 2. The van der Waals surface area contributed by atoms with Gasteiger partial charge in [0.2, 0.25) is 0 Å². The van der Waals surface area contributed by atoms with Gasteiger partial charge in [-0.15, -0.1) is 0 Å². The molecule has 4 aliphatic rings. The van der Waals surface area contributed by atoms with Gasteiger partial charge in [0.25, 0.3) is 0 Å². The largest absolute Gasteiger partial charge is 0.390 e. The van der Waals surface area contributed by atoms with Crippen molar-refractivity contribution in [2.24, 2.45) is 28.6 Å². The van der Waals surface area contributed by atoms with Gasteiger partial charge in [-0.2, -0.15) is 0 Å². The highest BCUT2D eigenvalue weighted by atomic mass is 19.1. The lowest BCUT2D eigenvalue weighted by molar-refractivity contribution is -0.219.